The number of urea groups is 1. The van der Waals surface area contributed by atoms with Crippen LogP contribution in [0.2, 0.25) is 0 Å². The Kier molecular flexibility index (Phi) is 6.20. The molecule has 3 aromatic rings. The molecule has 2 aliphatic heterocycles. The molecule has 1 atom stereocenters. The van der Waals surface area contributed by atoms with Crippen molar-refractivity contribution in [2.24, 2.45) is 0 Å². The molecule has 184 valence electrons. The van der Waals surface area contributed by atoms with E-state index in [-0.39, 0.29) is 13.2 Å². The van der Waals surface area contributed by atoms with Crippen LogP contribution in [0, 0.1) is 0 Å². The molecule has 2 aliphatic rings. The summed E-state index contributed by atoms with van der Waals surface area (Å²) < 4.78 is 16.5. The zero-order chi connectivity index (χ0) is 25.1. The summed E-state index contributed by atoms with van der Waals surface area (Å²) in [5, 5.41) is 5.44. The zero-order valence-electron chi connectivity index (χ0n) is 19.7. The first kappa shape index (κ1) is 23.2. The number of carbonyl (C=O) groups excluding carboxylic acids is 3. The minimum absolute atomic E-state index is 0.151. The van der Waals surface area contributed by atoms with Crippen molar-refractivity contribution >= 4 is 23.5 Å². The number of rotatable bonds is 8. The van der Waals surface area contributed by atoms with Gasteiger partial charge in [-0.1, -0.05) is 36.4 Å². The quantitative estimate of drug-likeness (QED) is 0.471. The number of hydrogen-bond donors (Lipinski definition) is 2. The van der Waals surface area contributed by atoms with Gasteiger partial charge in [-0.15, -0.1) is 0 Å². The van der Waals surface area contributed by atoms with Crippen molar-refractivity contribution < 1.29 is 28.6 Å². The Bertz CT molecular complexity index is 1290. The van der Waals surface area contributed by atoms with Gasteiger partial charge in [0.25, 0.3) is 5.91 Å². The van der Waals surface area contributed by atoms with E-state index in [4.69, 9.17) is 14.2 Å². The highest BCUT2D eigenvalue weighted by atomic mass is 16.7. The Labute approximate surface area is 208 Å². The van der Waals surface area contributed by atoms with Crippen LogP contribution in [0.1, 0.15) is 18.1 Å². The second-order valence-electron chi connectivity index (χ2n) is 8.86. The Balaban J connectivity index is 1.16. The van der Waals surface area contributed by atoms with Crippen molar-refractivity contribution in [3.63, 3.8) is 0 Å². The first-order chi connectivity index (χ1) is 17.4. The number of amides is 4. The molecule has 5 rings (SSSR count). The van der Waals surface area contributed by atoms with Crippen molar-refractivity contribution in [2.75, 3.05) is 18.7 Å². The number of benzene rings is 3. The van der Waals surface area contributed by atoms with Crippen LogP contribution in [-0.4, -0.2) is 41.6 Å². The lowest BCUT2D eigenvalue weighted by molar-refractivity contribution is -0.133. The van der Waals surface area contributed by atoms with Crippen LogP contribution in [0.3, 0.4) is 0 Å². The molecule has 9 heteroatoms. The number of nitrogens with zero attached hydrogens (tertiary/aromatic N) is 1. The third-order valence-corrected chi connectivity index (χ3v) is 6.03. The van der Waals surface area contributed by atoms with E-state index in [0.717, 1.165) is 16.0 Å². The van der Waals surface area contributed by atoms with Gasteiger partial charge < -0.3 is 24.8 Å². The smallest absolute Gasteiger partial charge is 0.325 e. The minimum Gasteiger partial charge on any atom is -0.489 e. The van der Waals surface area contributed by atoms with Gasteiger partial charge >= 0.3 is 6.03 Å². The molecule has 1 fully saturated rings. The predicted octanol–water partition coefficient (Wildman–Crippen LogP) is 3.49. The van der Waals surface area contributed by atoms with Gasteiger partial charge in [0.15, 0.2) is 11.5 Å². The largest absolute Gasteiger partial charge is 0.489 e. The van der Waals surface area contributed by atoms with Crippen molar-refractivity contribution in [1.82, 2.24) is 10.2 Å². The Morgan fingerprint density at radius 3 is 2.53 bits per heavy atom. The van der Waals surface area contributed by atoms with Gasteiger partial charge in [-0.3, -0.25) is 14.5 Å². The van der Waals surface area contributed by atoms with Gasteiger partial charge in [-0.25, -0.2) is 4.79 Å². The molecule has 9 nitrogen and oxygen atoms in total. The maximum absolute atomic E-state index is 13.1. The summed E-state index contributed by atoms with van der Waals surface area (Å²) in [5.74, 6) is 0.944. The van der Waals surface area contributed by atoms with Crippen LogP contribution in [0.15, 0.2) is 72.8 Å². The Hall–Kier alpha value is -4.53. The Morgan fingerprint density at radius 2 is 1.75 bits per heavy atom. The van der Waals surface area contributed by atoms with Crippen LogP contribution in [-0.2, 0) is 22.6 Å². The maximum atomic E-state index is 13.1. The van der Waals surface area contributed by atoms with Crippen molar-refractivity contribution in [3.05, 3.63) is 83.9 Å². The van der Waals surface area contributed by atoms with Gasteiger partial charge in [0.1, 0.15) is 24.4 Å². The van der Waals surface area contributed by atoms with E-state index in [1.54, 1.807) is 43.3 Å². The minimum atomic E-state index is -1.18. The lowest BCUT2D eigenvalue weighted by Gasteiger charge is -2.22. The fraction of sp³-hybridized carbons (Fsp3) is 0.222. The molecule has 0 aromatic heterocycles. The summed E-state index contributed by atoms with van der Waals surface area (Å²) in [7, 11) is 0. The van der Waals surface area contributed by atoms with Gasteiger partial charge in [0.05, 0.1) is 0 Å². The molecule has 4 amide bonds. The summed E-state index contributed by atoms with van der Waals surface area (Å²) in [6, 6.07) is 21.5. The number of carbonyl (C=O) groups is 3. The number of fused-ring (bicyclic) bond motifs is 1. The van der Waals surface area contributed by atoms with Crippen molar-refractivity contribution in [1.29, 1.82) is 0 Å². The van der Waals surface area contributed by atoms with Crippen LogP contribution in [0.5, 0.6) is 17.2 Å². The van der Waals surface area contributed by atoms with Crippen LogP contribution in [0.25, 0.3) is 0 Å². The SMILES string of the molecule is CC1(Cc2ccc3c(c2)OCO3)NC(=O)N(CC(=O)Nc2ccc(OCc3ccccc3)cc2)C1=O. The lowest BCUT2D eigenvalue weighted by Crippen LogP contribution is -2.46. The summed E-state index contributed by atoms with van der Waals surface area (Å²) >= 11 is 0. The van der Waals surface area contributed by atoms with Gasteiger partial charge in [0, 0.05) is 12.1 Å². The van der Waals surface area contributed by atoms with Crippen LogP contribution in [0.4, 0.5) is 10.5 Å². The monoisotopic (exact) mass is 487 g/mol. The van der Waals surface area contributed by atoms with Crippen molar-refractivity contribution in [2.45, 2.75) is 25.5 Å². The number of nitrogens with one attached hydrogen (secondary N) is 2. The highest BCUT2D eigenvalue weighted by Gasteiger charge is 2.48. The summed E-state index contributed by atoms with van der Waals surface area (Å²) in [5.41, 5.74) is 1.20. The molecule has 1 saturated heterocycles. The maximum Gasteiger partial charge on any atom is 0.325 e. The number of hydrogen-bond acceptors (Lipinski definition) is 6. The molecule has 0 aliphatic carbocycles. The van der Waals surface area contributed by atoms with E-state index in [0.29, 0.717) is 29.5 Å². The molecule has 0 saturated carbocycles. The number of anilines is 1. The van der Waals surface area contributed by atoms with Gasteiger partial charge in [0.2, 0.25) is 12.7 Å². The molecule has 3 aromatic carbocycles. The zero-order valence-corrected chi connectivity index (χ0v) is 19.7. The number of imide groups is 1. The third-order valence-electron chi connectivity index (χ3n) is 6.03. The normalized spacial score (nSPS) is 18.2. The highest BCUT2D eigenvalue weighted by Crippen LogP contribution is 2.34. The molecule has 2 N–H and O–H groups in total. The second-order valence-corrected chi connectivity index (χ2v) is 8.86. The van der Waals surface area contributed by atoms with Crippen LogP contribution >= 0.6 is 0 Å². The molecule has 0 radical (unpaired) electrons. The first-order valence-electron chi connectivity index (χ1n) is 11.5. The van der Waals surface area contributed by atoms with E-state index in [9.17, 15) is 14.4 Å². The summed E-state index contributed by atoms with van der Waals surface area (Å²) in [6.07, 6.45) is 0.247. The Morgan fingerprint density at radius 1 is 1.00 bits per heavy atom. The lowest BCUT2D eigenvalue weighted by atomic mass is 9.92. The van der Waals surface area contributed by atoms with Crippen LogP contribution < -0.4 is 24.8 Å². The molecule has 2 heterocycles. The molecule has 1 unspecified atom stereocenters. The summed E-state index contributed by atoms with van der Waals surface area (Å²) in [4.78, 5) is 39.2. The predicted molar refractivity (Wildman–Crippen MR) is 131 cm³/mol. The average Bonchev–Trinajstić information content (AvgIpc) is 3.42. The van der Waals surface area contributed by atoms with E-state index >= 15 is 0 Å². The van der Waals surface area contributed by atoms with Gasteiger partial charge in [-0.05, 0) is 54.4 Å². The van der Waals surface area contributed by atoms with Crippen molar-refractivity contribution in [3.8, 4) is 17.2 Å². The molecule has 0 spiro atoms. The van der Waals surface area contributed by atoms with E-state index < -0.39 is 29.9 Å². The fourth-order valence-corrected chi connectivity index (χ4v) is 4.19. The standard InChI is InChI=1S/C27H25N3O6/c1-27(14-19-7-12-22-23(13-19)36-17-35-22)25(32)30(26(33)29-27)15-24(31)28-20-8-10-21(11-9-20)34-16-18-5-3-2-4-6-18/h2-13H,14-17H2,1H3,(H,28,31)(H,29,33). The van der Waals surface area contributed by atoms with E-state index in [1.165, 1.54) is 0 Å². The topological polar surface area (TPSA) is 106 Å². The third kappa shape index (κ3) is 4.95. The van der Waals surface area contributed by atoms with E-state index in [2.05, 4.69) is 10.6 Å². The fourth-order valence-electron chi connectivity index (χ4n) is 4.19. The average molecular weight is 488 g/mol. The molecule has 36 heavy (non-hydrogen) atoms. The molecular formula is C27H25N3O6. The van der Waals surface area contributed by atoms with E-state index in [1.807, 2.05) is 36.4 Å². The first-order valence-corrected chi connectivity index (χ1v) is 11.5. The van der Waals surface area contributed by atoms with Gasteiger partial charge in [-0.2, -0.15) is 0 Å². The highest BCUT2D eigenvalue weighted by molar-refractivity contribution is 6.10. The molecular weight excluding hydrogens is 462 g/mol. The second kappa shape index (κ2) is 9.61. The molecule has 0 bridgehead atoms. The summed E-state index contributed by atoms with van der Waals surface area (Å²) in [6.45, 7) is 1.83. The number of ether oxygens (including phenoxy) is 3.